The Labute approximate surface area is 166 Å². The van der Waals surface area contributed by atoms with Crippen LogP contribution in [-0.4, -0.2) is 51.1 Å². The van der Waals surface area contributed by atoms with E-state index in [0.717, 1.165) is 13.1 Å². The first-order chi connectivity index (χ1) is 12.8. The van der Waals surface area contributed by atoms with E-state index in [2.05, 4.69) is 15.7 Å². The highest BCUT2D eigenvalue weighted by Crippen LogP contribution is 2.56. The smallest absolute Gasteiger partial charge is 0.375 e. The number of para-hydroxylation sites is 1. The third kappa shape index (κ3) is 9.63. The number of nitrogens with one attached hydrogen (secondary N) is 3. The molecule has 0 saturated carbocycles. The average Bonchev–Trinajstić information content (AvgIpc) is 2.60. The molecule has 27 heavy (non-hydrogen) atoms. The van der Waals surface area contributed by atoms with Crippen molar-refractivity contribution in [3.05, 3.63) is 30.3 Å². The summed E-state index contributed by atoms with van der Waals surface area (Å²) in [6.45, 7) is 3.36. The molecule has 7 nitrogen and oxygen atoms in total. The molecule has 0 amide bonds. The number of carbonyl (C=O) groups is 1. The highest BCUT2D eigenvalue weighted by atomic mass is 32.7. The summed E-state index contributed by atoms with van der Waals surface area (Å²) in [4.78, 5) is 12.1. The third-order valence-electron chi connectivity index (χ3n) is 3.49. The van der Waals surface area contributed by atoms with Gasteiger partial charge in [0.05, 0.1) is 6.10 Å². The normalized spacial score (nSPS) is 14.8. The van der Waals surface area contributed by atoms with Crippen molar-refractivity contribution in [3.8, 4) is 5.75 Å². The van der Waals surface area contributed by atoms with E-state index in [1.54, 1.807) is 32.9 Å². The zero-order chi connectivity index (χ0) is 20.3. The van der Waals surface area contributed by atoms with Crippen LogP contribution in [-0.2, 0) is 14.1 Å². The lowest BCUT2D eigenvalue weighted by molar-refractivity contribution is -0.148. The van der Waals surface area contributed by atoms with E-state index in [1.165, 1.54) is 11.4 Å². The predicted molar refractivity (Wildman–Crippen MR) is 112 cm³/mol. The highest BCUT2D eigenvalue weighted by Gasteiger charge is 2.32. The van der Waals surface area contributed by atoms with Crippen LogP contribution in [0.25, 0.3) is 0 Å². The van der Waals surface area contributed by atoms with Gasteiger partial charge in [-0.1, -0.05) is 18.2 Å². The summed E-state index contributed by atoms with van der Waals surface area (Å²) in [5.41, 5.74) is 0. The van der Waals surface area contributed by atoms with Gasteiger partial charge in [-0.05, 0) is 77.4 Å². The van der Waals surface area contributed by atoms with Crippen LogP contribution in [0.3, 0.4) is 0 Å². The maximum absolute atomic E-state index is 13.5. The topological polar surface area (TPSA) is 88.7 Å². The number of hydrogen-bond acceptors (Lipinski definition) is 7. The molecule has 1 aromatic carbocycles. The van der Waals surface area contributed by atoms with Crippen LogP contribution in [0.5, 0.6) is 5.75 Å². The van der Waals surface area contributed by atoms with E-state index >= 15 is 0 Å². The monoisotopic (exact) mass is 417 g/mol. The molecular formula is C18H32N3O4PS. The van der Waals surface area contributed by atoms with Gasteiger partial charge in [-0.15, -0.1) is 0 Å². The lowest BCUT2D eigenvalue weighted by Gasteiger charge is -2.25. The molecule has 0 aliphatic heterocycles. The molecular weight excluding hydrogens is 385 g/mol. The Balaban J connectivity index is 2.87. The van der Waals surface area contributed by atoms with Gasteiger partial charge in [0.2, 0.25) is 0 Å². The summed E-state index contributed by atoms with van der Waals surface area (Å²) in [5, 5.41) is 9.15. The standard InChI is InChI=1S/C18H32N3O4PS/c1-14(2)24-18(22)15(3)21-26(23,25-17-9-7-6-8-10-17)27-13-16(11-19-4)12-20-5/h6-10,14-16,19-20H,11-13H2,1-5H3,(H,21,23)/t15-,26?/m0/s1. The number of ether oxygens (including phenoxy) is 1. The molecule has 1 rings (SSSR count). The summed E-state index contributed by atoms with van der Waals surface area (Å²) >= 11 is 1.21. The maximum Gasteiger partial charge on any atom is 0.375 e. The van der Waals surface area contributed by atoms with Gasteiger partial charge in [-0.2, -0.15) is 0 Å². The Kier molecular flexibility index (Phi) is 11.0. The molecule has 1 unspecified atom stereocenters. The minimum atomic E-state index is -3.39. The van der Waals surface area contributed by atoms with Crippen LogP contribution < -0.4 is 20.2 Å². The Morgan fingerprint density at radius 1 is 1.11 bits per heavy atom. The zero-order valence-corrected chi connectivity index (χ0v) is 18.4. The summed E-state index contributed by atoms with van der Waals surface area (Å²) in [6, 6.07) is 8.21. The first-order valence-corrected chi connectivity index (χ1v) is 12.3. The average molecular weight is 418 g/mol. The van der Waals surface area contributed by atoms with Crippen molar-refractivity contribution in [1.29, 1.82) is 0 Å². The van der Waals surface area contributed by atoms with E-state index in [-0.39, 0.29) is 12.0 Å². The van der Waals surface area contributed by atoms with Crippen molar-refractivity contribution in [2.75, 3.05) is 32.9 Å². The van der Waals surface area contributed by atoms with Crippen LogP contribution in [0.4, 0.5) is 0 Å². The molecule has 0 fully saturated rings. The minimum Gasteiger partial charge on any atom is -0.462 e. The molecule has 0 aliphatic rings. The Morgan fingerprint density at radius 3 is 2.22 bits per heavy atom. The van der Waals surface area contributed by atoms with Gasteiger partial charge in [-0.25, -0.2) is 9.65 Å². The fraction of sp³-hybridized carbons (Fsp3) is 0.611. The van der Waals surface area contributed by atoms with Gasteiger partial charge in [0.1, 0.15) is 11.8 Å². The molecule has 0 spiro atoms. The van der Waals surface area contributed by atoms with Crippen LogP contribution in [0.2, 0.25) is 0 Å². The number of carbonyl (C=O) groups excluding carboxylic acids is 1. The molecule has 0 bridgehead atoms. The predicted octanol–water partition coefficient (Wildman–Crippen LogP) is 2.89. The molecule has 2 atom stereocenters. The van der Waals surface area contributed by atoms with E-state index in [1.807, 2.05) is 32.3 Å². The van der Waals surface area contributed by atoms with Gasteiger partial charge in [-0.3, -0.25) is 4.79 Å². The van der Waals surface area contributed by atoms with Crippen molar-refractivity contribution >= 4 is 24.1 Å². The van der Waals surface area contributed by atoms with E-state index in [0.29, 0.717) is 11.5 Å². The summed E-state index contributed by atoms with van der Waals surface area (Å²) in [5.74, 6) is 0.899. The molecule has 0 aromatic heterocycles. The summed E-state index contributed by atoms with van der Waals surface area (Å²) in [6.07, 6.45) is -0.237. The van der Waals surface area contributed by atoms with Crippen molar-refractivity contribution in [2.45, 2.75) is 32.9 Å². The summed E-state index contributed by atoms with van der Waals surface area (Å²) in [7, 11) is 3.77. The second-order valence-corrected chi connectivity index (χ2v) is 10.8. The van der Waals surface area contributed by atoms with Crippen LogP contribution in [0.1, 0.15) is 20.8 Å². The SMILES string of the molecule is CNCC(CNC)CSP(=O)(N[C@@H](C)C(=O)OC(C)C)Oc1ccccc1. The number of esters is 1. The van der Waals surface area contributed by atoms with Gasteiger partial charge in [0.25, 0.3) is 0 Å². The molecule has 1 aromatic rings. The third-order valence-corrected chi connectivity index (χ3v) is 7.61. The Bertz CT molecular complexity index is 598. The summed E-state index contributed by atoms with van der Waals surface area (Å²) < 4.78 is 24.5. The van der Waals surface area contributed by atoms with E-state index < -0.39 is 18.7 Å². The largest absolute Gasteiger partial charge is 0.462 e. The zero-order valence-electron chi connectivity index (χ0n) is 16.7. The van der Waals surface area contributed by atoms with Crippen LogP contribution in [0, 0.1) is 5.92 Å². The van der Waals surface area contributed by atoms with E-state index in [4.69, 9.17) is 9.26 Å². The molecule has 0 saturated heterocycles. The molecule has 0 aliphatic carbocycles. The molecule has 9 heteroatoms. The van der Waals surface area contributed by atoms with Crippen molar-refractivity contribution in [2.24, 2.45) is 5.92 Å². The van der Waals surface area contributed by atoms with Gasteiger partial charge in [0.15, 0.2) is 0 Å². The lowest BCUT2D eigenvalue weighted by Crippen LogP contribution is -2.35. The maximum atomic E-state index is 13.5. The lowest BCUT2D eigenvalue weighted by atomic mass is 10.2. The van der Waals surface area contributed by atoms with Crippen LogP contribution >= 0.6 is 18.1 Å². The van der Waals surface area contributed by atoms with Crippen molar-refractivity contribution < 1.29 is 18.6 Å². The van der Waals surface area contributed by atoms with Crippen molar-refractivity contribution in [3.63, 3.8) is 0 Å². The van der Waals surface area contributed by atoms with Gasteiger partial charge < -0.3 is 19.9 Å². The molecule has 154 valence electrons. The number of hydrogen-bond donors (Lipinski definition) is 3. The quantitative estimate of drug-likeness (QED) is 0.334. The first-order valence-electron chi connectivity index (χ1n) is 9.06. The highest BCUT2D eigenvalue weighted by molar-refractivity contribution is 8.56. The molecule has 3 N–H and O–H groups in total. The fourth-order valence-corrected chi connectivity index (χ4v) is 6.44. The van der Waals surface area contributed by atoms with Crippen LogP contribution in [0.15, 0.2) is 30.3 Å². The van der Waals surface area contributed by atoms with Gasteiger partial charge in [0, 0.05) is 5.75 Å². The molecule has 0 radical (unpaired) electrons. The second kappa shape index (κ2) is 12.4. The Morgan fingerprint density at radius 2 is 1.70 bits per heavy atom. The molecule has 0 heterocycles. The first kappa shape index (κ1) is 24.0. The Hall–Kier alpha value is -1.05. The second-order valence-electron chi connectivity index (χ2n) is 6.52. The van der Waals surface area contributed by atoms with Crippen molar-refractivity contribution in [1.82, 2.24) is 15.7 Å². The number of rotatable bonds is 13. The minimum absolute atomic E-state index is 0.237. The fourth-order valence-electron chi connectivity index (χ4n) is 2.31. The van der Waals surface area contributed by atoms with E-state index in [9.17, 15) is 9.36 Å². The van der Waals surface area contributed by atoms with Gasteiger partial charge >= 0.3 is 12.7 Å². The number of benzene rings is 1.